The Morgan fingerprint density at radius 1 is 1.57 bits per heavy atom. The fraction of sp³-hybridized carbons (Fsp3) is 0.562. The summed E-state index contributed by atoms with van der Waals surface area (Å²) in [5, 5.41) is 3.03. The molecule has 1 N–H and O–H groups in total. The average Bonchev–Trinajstić information content (AvgIpc) is 2.44. The fourth-order valence-electron chi connectivity index (χ4n) is 2.76. The van der Waals surface area contributed by atoms with Gasteiger partial charge in [-0.15, -0.1) is 0 Å². The quantitative estimate of drug-likeness (QED) is 0.925. The lowest BCUT2D eigenvalue weighted by Gasteiger charge is -2.35. The second kappa shape index (κ2) is 7.23. The van der Waals surface area contributed by atoms with Crippen molar-refractivity contribution in [2.45, 2.75) is 32.7 Å². The molecule has 1 aromatic rings. The van der Waals surface area contributed by atoms with E-state index in [0.717, 1.165) is 19.2 Å². The molecule has 0 saturated carbocycles. The molecule has 1 amide bonds. The number of carbonyl (C=O) groups excluding carboxylic acids is 1. The van der Waals surface area contributed by atoms with Crippen molar-refractivity contribution < 1.29 is 9.18 Å². The number of hydrogen-bond donors (Lipinski definition) is 1. The summed E-state index contributed by atoms with van der Waals surface area (Å²) in [6.07, 6.45) is 2.49. The van der Waals surface area contributed by atoms with Crippen LogP contribution in [0.15, 0.2) is 18.2 Å². The molecule has 1 aliphatic rings. The summed E-state index contributed by atoms with van der Waals surface area (Å²) in [7, 11) is 0. The Labute approximate surface area is 130 Å². The first kappa shape index (κ1) is 16.2. The van der Waals surface area contributed by atoms with E-state index >= 15 is 0 Å². The number of hydrogen-bond acceptors (Lipinski definition) is 2. The zero-order valence-electron chi connectivity index (χ0n) is 12.5. The predicted molar refractivity (Wildman–Crippen MR) is 83.2 cm³/mol. The lowest BCUT2D eigenvalue weighted by molar-refractivity contribution is 0.0917. The van der Waals surface area contributed by atoms with Crippen molar-refractivity contribution in [3.05, 3.63) is 34.6 Å². The summed E-state index contributed by atoms with van der Waals surface area (Å²) in [4.78, 5) is 14.5. The van der Waals surface area contributed by atoms with Gasteiger partial charge in [0.25, 0.3) is 5.91 Å². The SMILES string of the molecule is CC1CCCN(C(C)CNC(=O)c2ccc(F)cc2Cl)C1. The molecule has 1 heterocycles. The van der Waals surface area contributed by atoms with Gasteiger partial charge in [0.05, 0.1) is 10.6 Å². The third kappa shape index (κ3) is 4.42. The number of piperidine rings is 1. The standard InChI is InChI=1S/C16H22ClFN2O/c1-11-4-3-7-20(10-11)12(2)9-19-16(21)14-6-5-13(18)8-15(14)17/h5-6,8,11-12H,3-4,7,9-10H2,1-2H3,(H,19,21). The fourth-order valence-corrected chi connectivity index (χ4v) is 3.02. The van der Waals surface area contributed by atoms with Crippen molar-refractivity contribution in [2.24, 2.45) is 5.92 Å². The van der Waals surface area contributed by atoms with Gasteiger partial charge in [-0.2, -0.15) is 0 Å². The van der Waals surface area contributed by atoms with Crippen LogP contribution < -0.4 is 5.32 Å². The van der Waals surface area contributed by atoms with Crippen molar-refractivity contribution in [2.75, 3.05) is 19.6 Å². The van der Waals surface area contributed by atoms with Crippen molar-refractivity contribution in [1.29, 1.82) is 0 Å². The Morgan fingerprint density at radius 2 is 2.33 bits per heavy atom. The van der Waals surface area contributed by atoms with Gasteiger partial charge < -0.3 is 5.32 Å². The van der Waals surface area contributed by atoms with Crippen LogP contribution in [0.2, 0.25) is 5.02 Å². The maximum Gasteiger partial charge on any atom is 0.252 e. The summed E-state index contributed by atoms with van der Waals surface area (Å²) in [6, 6.07) is 4.11. The van der Waals surface area contributed by atoms with Crippen LogP contribution in [-0.4, -0.2) is 36.5 Å². The summed E-state index contributed by atoms with van der Waals surface area (Å²) >= 11 is 5.90. The third-order valence-electron chi connectivity index (χ3n) is 4.05. The molecule has 2 atom stereocenters. The molecule has 21 heavy (non-hydrogen) atoms. The van der Waals surface area contributed by atoms with Crippen molar-refractivity contribution in [3.8, 4) is 0 Å². The first-order chi connectivity index (χ1) is 9.97. The summed E-state index contributed by atoms with van der Waals surface area (Å²) < 4.78 is 13.0. The van der Waals surface area contributed by atoms with Crippen LogP contribution >= 0.6 is 11.6 Å². The largest absolute Gasteiger partial charge is 0.350 e. The highest BCUT2D eigenvalue weighted by atomic mass is 35.5. The molecule has 1 fully saturated rings. The minimum absolute atomic E-state index is 0.145. The highest BCUT2D eigenvalue weighted by Gasteiger charge is 2.21. The van der Waals surface area contributed by atoms with Gasteiger partial charge in [-0.1, -0.05) is 18.5 Å². The maximum absolute atomic E-state index is 13.0. The van der Waals surface area contributed by atoms with Crippen LogP contribution in [0.25, 0.3) is 0 Å². The van der Waals surface area contributed by atoms with E-state index in [1.165, 1.54) is 25.0 Å². The Morgan fingerprint density at radius 3 is 3.00 bits per heavy atom. The van der Waals surface area contributed by atoms with Gasteiger partial charge in [-0.25, -0.2) is 4.39 Å². The molecule has 0 aromatic heterocycles. The summed E-state index contributed by atoms with van der Waals surface area (Å²) in [5.41, 5.74) is 0.317. The number of likely N-dealkylation sites (tertiary alicyclic amines) is 1. The molecular weight excluding hydrogens is 291 g/mol. The smallest absolute Gasteiger partial charge is 0.252 e. The van der Waals surface area contributed by atoms with E-state index in [1.807, 2.05) is 0 Å². The molecule has 3 nitrogen and oxygen atoms in total. The molecule has 116 valence electrons. The van der Waals surface area contributed by atoms with E-state index in [0.29, 0.717) is 18.0 Å². The minimum atomic E-state index is -0.438. The van der Waals surface area contributed by atoms with Crippen molar-refractivity contribution in [1.82, 2.24) is 10.2 Å². The van der Waals surface area contributed by atoms with Crippen LogP contribution in [0.1, 0.15) is 37.0 Å². The zero-order chi connectivity index (χ0) is 15.4. The van der Waals surface area contributed by atoms with Crippen LogP contribution in [0.4, 0.5) is 4.39 Å². The van der Waals surface area contributed by atoms with Gasteiger partial charge in [0.1, 0.15) is 5.82 Å². The second-order valence-electron chi connectivity index (χ2n) is 5.93. The van der Waals surface area contributed by atoms with Crippen LogP contribution in [0, 0.1) is 11.7 Å². The van der Waals surface area contributed by atoms with Gasteiger partial charge in [-0.3, -0.25) is 9.69 Å². The van der Waals surface area contributed by atoms with Crippen LogP contribution in [-0.2, 0) is 0 Å². The van der Waals surface area contributed by atoms with Gasteiger partial charge >= 0.3 is 0 Å². The molecule has 2 rings (SSSR count). The Bertz CT molecular complexity index is 509. The van der Waals surface area contributed by atoms with Gasteiger partial charge in [0.15, 0.2) is 0 Å². The number of halogens is 2. The number of amides is 1. The van der Waals surface area contributed by atoms with E-state index < -0.39 is 5.82 Å². The molecule has 2 unspecified atom stereocenters. The highest BCUT2D eigenvalue weighted by molar-refractivity contribution is 6.33. The van der Waals surface area contributed by atoms with E-state index in [1.54, 1.807) is 0 Å². The normalized spacial score (nSPS) is 21.0. The molecule has 5 heteroatoms. The van der Waals surface area contributed by atoms with E-state index in [9.17, 15) is 9.18 Å². The zero-order valence-corrected chi connectivity index (χ0v) is 13.3. The maximum atomic E-state index is 13.0. The summed E-state index contributed by atoms with van der Waals surface area (Å²) in [5.74, 6) is 0.0209. The number of rotatable bonds is 4. The summed E-state index contributed by atoms with van der Waals surface area (Å²) in [6.45, 7) is 7.10. The van der Waals surface area contributed by atoms with E-state index in [2.05, 4.69) is 24.1 Å². The van der Waals surface area contributed by atoms with Crippen LogP contribution in [0.3, 0.4) is 0 Å². The third-order valence-corrected chi connectivity index (χ3v) is 4.36. The second-order valence-corrected chi connectivity index (χ2v) is 6.33. The molecule has 0 radical (unpaired) electrons. The van der Waals surface area contributed by atoms with Gasteiger partial charge in [-0.05, 0) is 50.4 Å². The number of nitrogens with zero attached hydrogens (tertiary/aromatic N) is 1. The molecule has 0 bridgehead atoms. The number of benzene rings is 1. The number of carbonyl (C=O) groups is 1. The molecular formula is C16H22ClFN2O. The average molecular weight is 313 g/mol. The molecule has 1 aromatic carbocycles. The van der Waals surface area contributed by atoms with Gasteiger partial charge in [0, 0.05) is 19.1 Å². The molecule has 1 saturated heterocycles. The minimum Gasteiger partial charge on any atom is -0.350 e. The Hall–Kier alpha value is -1.13. The molecule has 0 aliphatic carbocycles. The van der Waals surface area contributed by atoms with Crippen molar-refractivity contribution in [3.63, 3.8) is 0 Å². The number of nitrogens with one attached hydrogen (secondary N) is 1. The lowest BCUT2D eigenvalue weighted by Crippen LogP contribution is -2.46. The van der Waals surface area contributed by atoms with E-state index in [-0.39, 0.29) is 17.0 Å². The topological polar surface area (TPSA) is 32.3 Å². The predicted octanol–water partition coefficient (Wildman–Crippen LogP) is 3.33. The van der Waals surface area contributed by atoms with Gasteiger partial charge in [0.2, 0.25) is 0 Å². The van der Waals surface area contributed by atoms with Crippen LogP contribution in [0.5, 0.6) is 0 Å². The first-order valence-electron chi connectivity index (χ1n) is 7.44. The Kier molecular flexibility index (Phi) is 5.59. The molecule has 1 aliphatic heterocycles. The Balaban J connectivity index is 1.88. The van der Waals surface area contributed by atoms with Crippen molar-refractivity contribution >= 4 is 17.5 Å². The monoisotopic (exact) mass is 312 g/mol. The highest BCUT2D eigenvalue weighted by Crippen LogP contribution is 2.18. The van der Waals surface area contributed by atoms with E-state index in [4.69, 9.17) is 11.6 Å². The molecule has 0 spiro atoms. The lowest BCUT2D eigenvalue weighted by atomic mass is 9.99. The first-order valence-corrected chi connectivity index (χ1v) is 7.82.